The van der Waals surface area contributed by atoms with E-state index >= 15 is 0 Å². The maximum atomic E-state index is 13.8. The number of nitrogens with zero attached hydrogens (tertiary/aromatic N) is 3. The number of aliphatic carboxylic acids is 2. The number of fused-ring (bicyclic) bond motifs is 2. The Hall–Kier alpha value is -2.96. The summed E-state index contributed by atoms with van der Waals surface area (Å²) in [6.45, 7) is 6.65. The van der Waals surface area contributed by atoms with Gasteiger partial charge in [-0.2, -0.15) is 0 Å². The second-order valence-corrected chi connectivity index (χ2v) is 15.5. The van der Waals surface area contributed by atoms with Crippen molar-refractivity contribution in [2.75, 3.05) is 26.2 Å². The Morgan fingerprint density at radius 3 is 2.12 bits per heavy atom. The summed E-state index contributed by atoms with van der Waals surface area (Å²) in [4.78, 5) is 48.2. The first-order valence-electron chi connectivity index (χ1n) is 16.7. The number of carbonyl (C=O) groups is 3. The second-order valence-electron chi connectivity index (χ2n) is 13.7. The molecule has 2 aliphatic carbocycles. The van der Waals surface area contributed by atoms with Crippen molar-refractivity contribution in [3.63, 3.8) is 0 Å². The minimum absolute atomic E-state index is 0.131. The first-order chi connectivity index (χ1) is 22.9. The van der Waals surface area contributed by atoms with E-state index in [0.29, 0.717) is 56.2 Å². The molecular formula is C35H42Cl2N4O6S. The van der Waals surface area contributed by atoms with Gasteiger partial charge in [-0.15, -0.1) is 11.3 Å². The number of aliphatic hydroxyl groups is 1. The minimum Gasteiger partial charge on any atom is -0.478 e. The maximum Gasteiger partial charge on any atom is 0.334 e. The van der Waals surface area contributed by atoms with Gasteiger partial charge in [0.15, 0.2) is 0 Å². The van der Waals surface area contributed by atoms with Gasteiger partial charge in [0.25, 0.3) is 0 Å². The molecular weight excluding hydrogens is 675 g/mol. The smallest absolute Gasteiger partial charge is 0.334 e. The van der Waals surface area contributed by atoms with E-state index in [1.54, 1.807) is 29.3 Å². The van der Waals surface area contributed by atoms with Crippen molar-refractivity contribution in [2.24, 2.45) is 17.8 Å². The number of benzene rings is 1. The molecule has 1 aromatic heterocycles. The molecule has 2 saturated carbocycles. The summed E-state index contributed by atoms with van der Waals surface area (Å²) < 4.78 is 0. The first-order valence-corrected chi connectivity index (χ1v) is 18.3. The number of carbonyl (C=O) groups excluding carboxylic acids is 1. The number of amides is 1. The fourth-order valence-electron chi connectivity index (χ4n) is 8.74. The number of nitrogens with one attached hydrogen (secondary N) is 1. The van der Waals surface area contributed by atoms with Crippen molar-refractivity contribution in [1.29, 1.82) is 0 Å². The summed E-state index contributed by atoms with van der Waals surface area (Å²) in [6.07, 6.45) is 6.12. The van der Waals surface area contributed by atoms with Crippen molar-refractivity contribution in [2.45, 2.75) is 76.4 Å². The number of hydrogen-bond donors (Lipinski definition) is 4. The molecule has 3 atom stereocenters. The monoisotopic (exact) mass is 716 g/mol. The number of aryl methyl sites for hydroxylation is 1. The van der Waals surface area contributed by atoms with Crippen LogP contribution in [0.25, 0.3) is 0 Å². The average molecular weight is 718 g/mol. The lowest BCUT2D eigenvalue weighted by molar-refractivity contribution is -0.135. The van der Waals surface area contributed by atoms with Gasteiger partial charge in [0.05, 0.1) is 34.1 Å². The molecule has 2 aliphatic heterocycles. The summed E-state index contributed by atoms with van der Waals surface area (Å²) in [5, 5.41) is 38.5. The van der Waals surface area contributed by atoms with Gasteiger partial charge in [0, 0.05) is 77.2 Å². The topological polar surface area (TPSA) is 143 Å². The van der Waals surface area contributed by atoms with Crippen molar-refractivity contribution < 1.29 is 29.7 Å². The first kappa shape index (κ1) is 34.9. The predicted octanol–water partition coefficient (Wildman–Crippen LogP) is 5.56. The van der Waals surface area contributed by atoms with Gasteiger partial charge >= 0.3 is 11.9 Å². The quantitative estimate of drug-likeness (QED) is 0.249. The molecule has 0 spiro atoms. The Morgan fingerprint density at radius 2 is 1.58 bits per heavy atom. The number of allylic oxidation sites excluding steroid dienone is 1. The van der Waals surface area contributed by atoms with E-state index in [0.717, 1.165) is 30.7 Å². The Bertz CT molecular complexity index is 1600. The van der Waals surface area contributed by atoms with Crippen molar-refractivity contribution in [1.82, 2.24) is 20.1 Å². The zero-order valence-electron chi connectivity index (χ0n) is 27.1. The number of halogens is 2. The largest absolute Gasteiger partial charge is 0.478 e. The highest BCUT2D eigenvalue weighted by Crippen LogP contribution is 2.54. The van der Waals surface area contributed by atoms with E-state index in [4.69, 9.17) is 23.2 Å². The average Bonchev–Trinajstić information content (AvgIpc) is 3.60. The van der Waals surface area contributed by atoms with Crippen LogP contribution in [-0.2, 0) is 20.8 Å². The van der Waals surface area contributed by atoms with Gasteiger partial charge in [-0.05, 0) is 62.0 Å². The molecule has 4 aliphatic rings. The molecule has 2 bridgehead atoms. The number of dihydropyridines is 1. The summed E-state index contributed by atoms with van der Waals surface area (Å²) in [5.41, 5.74) is -0.418. The lowest BCUT2D eigenvalue weighted by atomic mass is 9.67. The Morgan fingerprint density at radius 1 is 0.979 bits per heavy atom. The summed E-state index contributed by atoms with van der Waals surface area (Å²) >= 11 is 14.6. The van der Waals surface area contributed by atoms with Gasteiger partial charge < -0.3 is 25.5 Å². The molecule has 1 aromatic carbocycles. The standard InChI is InChI=1S/C35H42Cl2N4O6S/c1-19(2)35(47)20-6-7-21(35)17-22(16-20)40-11-13-41(14-12-40)28(42)18-26-31(34(45)46)32(29-23(36)4-3-5-24(29)37)30(33(43)44)25(39-26)8-9-27-38-10-15-48-27/h3-5,10,15,19-22,32,39,47H,6-9,11-14,16-18H2,1-2H3,(H,43,44)(H,45,46). The molecule has 2 aromatic rings. The second kappa shape index (κ2) is 14.1. The van der Waals surface area contributed by atoms with E-state index in [-0.39, 0.29) is 57.1 Å². The van der Waals surface area contributed by atoms with Crippen LogP contribution in [0.3, 0.4) is 0 Å². The highest BCUT2D eigenvalue weighted by molar-refractivity contribution is 7.09. The Balaban J connectivity index is 1.23. The van der Waals surface area contributed by atoms with E-state index in [9.17, 15) is 29.7 Å². The Labute approximate surface area is 294 Å². The molecule has 4 N–H and O–H groups in total. The van der Waals surface area contributed by atoms with Crippen molar-refractivity contribution in [3.8, 4) is 0 Å². The zero-order chi connectivity index (χ0) is 34.3. The predicted molar refractivity (Wildman–Crippen MR) is 184 cm³/mol. The van der Waals surface area contributed by atoms with Crippen LogP contribution in [0.1, 0.15) is 68.9 Å². The lowest BCUT2D eigenvalue weighted by Crippen LogP contribution is -2.57. The minimum atomic E-state index is -1.36. The molecule has 3 fully saturated rings. The van der Waals surface area contributed by atoms with Gasteiger partial charge in [-0.3, -0.25) is 9.69 Å². The molecule has 1 amide bonds. The molecule has 3 heterocycles. The number of rotatable bonds is 10. The van der Waals surface area contributed by atoms with Crippen LogP contribution < -0.4 is 5.32 Å². The van der Waals surface area contributed by atoms with Crippen LogP contribution in [-0.4, -0.2) is 85.8 Å². The van der Waals surface area contributed by atoms with Crippen LogP contribution in [0.4, 0.5) is 0 Å². The van der Waals surface area contributed by atoms with Gasteiger partial charge in [0.1, 0.15) is 0 Å². The summed E-state index contributed by atoms with van der Waals surface area (Å²) in [6, 6.07) is 5.08. The Kier molecular flexibility index (Phi) is 10.3. The van der Waals surface area contributed by atoms with Crippen LogP contribution in [0.5, 0.6) is 0 Å². The van der Waals surface area contributed by atoms with Crippen molar-refractivity contribution >= 4 is 52.4 Å². The molecule has 13 heteroatoms. The van der Waals surface area contributed by atoms with E-state index in [2.05, 4.69) is 29.0 Å². The lowest BCUT2D eigenvalue weighted by Gasteiger charge is -2.49. The van der Waals surface area contributed by atoms with Crippen LogP contribution in [0.15, 0.2) is 52.3 Å². The zero-order valence-corrected chi connectivity index (χ0v) is 29.5. The van der Waals surface area contributed by atoms with E-state index < -0.39 is 23.5 Å². The fraction of sp³-hybridized carbons (Fsp3) is 0.543. The third kappa shape index (κ3) is 6.52. The number of aromatic nitrogens is 1. The van der Waals surface area contributed by atoms with Crippen molar-refractivity contribution in [3.05, 3.63) is 72.9 Å². The number of hydrogen-bond acceptors (Lipinski definition) is 8. The van der Waals surface area contributed by atoms with Crippen LogP contribution >= 0.6 is 34.5 Å². The molecule has 6 rings (SSSR count). The van der Waals surface area contributed by atoms with Gasteiger partial charge in [-0.1, -0.05) is 43.1 Å². The van der Waals surface area contributed by atoms with Crippen LogP contribution in [0, 0.1) is 17.8 Å². The van der Waals surface area contributed by atoms with E-state index in [1.165, 1.54) is 11.3 Å². The molecule has 258 valence electrons. The molecule has 1 saturated heterocycles. The van der Waals surface area contributed by atoms with Gasteiger partial charge in [0.2, 0.25) is 5.91 Å². The summed E-state index contributed by atoms with van der Waals surface area (Å²) in [5.74, 6) is -3.38. The number of carboxylic acid groups (broad SMARTS) is 2. The highest BCUT2D eigenvalue weighted by atomic mass is 35.5. The normalized spacial score (nSPS) is 27.8. The summed E-state index contributed by atoms with van der Waals surface area (Å²) in [7, 11) is 0. The molecule has 10 nitrogen and oxygen atoms in total. The maximum absolute atomic E-state index is 13.8. The number of carboxylic acids is 2. The SMILES string of the molecule is CC(C)C1(O)C2CCC1CC(N1CCN(C(=O)CC3=C(C(=O)O)C(c4c(Cl)cccc4Cl)C(C(=O)O)=C(CCc4nccs4)N3)CC1)C2. The van der Waals surface area contributed by atoms with Gasteiger partial charge in [-0.25, -0.2) is 14.6 Å². The van der Waals surface area contributed by atoms with Crippen LogP contribution in [0.2, 0.25) is 10.0 Å². The third-order valence-corrected chi connectivity index (χ3v) is 12.6. The molecule has 3 unspecified atom stereocenters. The molecule has 48 heavy (non-hydrogen) atoms. The number of piperazine rings is 1. The fourth-order valence-corrected chi connectivity index (χ4v) is 9.98. The number of thiazole rings is 1. The molecule has 0 radical (unpaired) electrons. The van der Waals surface area contributed by atoms with E-state index in [1.807, 2.05) is 5.38 Å². The third-order valence-electron chi connectivity index (χ3n) is 11.1. The highest BCUT2D eigenvalue weighted by Gasteiger charge is 2.55.